The number of benzene rings is 1. The van der Waals surface area contributed by atoms with Crippen LogP contribution in [0.1, 0.15) is 52.0 Å². The van der Waals surface area contributed by atoms with E-state index in [9.17, 15) is 14.9 Å². The average molecular weight is 494 g/mol. The first-order valence-corrected chi connectivity index (χ1v) is 12.1. The molecule has 192 valence electrons. The van der Waals surface area contributed by atoms with Crippen LogP contribution in [-0.4, -0.2) is 46.6 Å². The van der Waals surface area contributed by atoms with Crippen LogP contribution in [0.3, 0.4) is 0 Å². The quantitative estimate of drug-likeness (QED) is 0.339. The van der Waals surface area contributed by atoms with Gasteiger partial charge >= 0.3 is 5.97 Å². The van der Waals surface area contributed by atoms with Crippen molar-refractivity contribution in [2.45, 2.75) is 77.0 Å². The van der Waals surface area contributed by atoms with Gasteiger partial charge in [-0.15, -0.1) is 0 Å². The minimum absolute atomic E-state index is 0.0651. The molecule has 1 saturated carbocycles. The largest absolute Gasteiger partial charge is 0.482 e. The van der Waals surface area contributed by atoms with Crippen LogP contribution in [0.25, 0.3) is 0 Å². The Kier molecular flexibility index (Phi) is 6.25. The van der Waals surface area contributed by atoms with Crippen LogP contribution in [0.4, 0.5) is 5.69 Å². The molecule has 0 radical (unpaired) electrons. The molecule has 1 aliphatic carbocycles. The summed E-state index contributed by atoms with van der Waals surface area (Å²) >= 11 is 0. The van der Waals surface area contributed by atoms with E-state index in [1.807, 2.05) is 13.8 Å². The van der Waals surface area contributed by atoms with Crippen molar-refractivity contribution in [1.82, 2.24) is 0 Å². The molecule has 8 atom stereocenters. The molecule has 4 saturated heterocycles. The fraction of sp³-hybridized carbons (Fsp3) is 0.708. The maximum atomic E-state index is 11.6. The second-order valence-electron chi connectivity index (χ2n) is 10.3. The average Bonchev–Trinajstić information content (AvgIpc) is 3.04. The van der Waals surface area contributed by atoms with E-state index in [-0.39, 0.29) is 41.4 Å². The lowest BCUT2D eigenvalue weighted by Gasteiger charge is -2.60. The summed E-state index contributed by atoms with van der Waals surface area (Å²) in [6.45, 7) is 5.46. The summed E-state index contributed by atoms with van der Waals surface area (Å²) in [6.07, 6.45) is 2.21. The van der Waals surface area contributed by atoms with Gasteiger partial charge in [-0.1, -0.05) is 13.8 Å². The molecule has 0 amide bonds. The molecule has 11 nitrogen and oxygen atoms in total. The predicted octanol–water partition coefficient (Wildman–Crippen LogP) is 3.78. The Labute approximate surface area is 202 Å². The first kappa shape index (κ1) is 24.4. The standard InChI is InChI=1S/C24H31NO10/c1-13-4-6-18-14(2)21(32-22-24(18)17(13)8-9-23(3,33-22)34-35-24)31-11-15-10-16(30-12-20(26)27)5-7-19(15)25(28)29/h5,7,10,13-14,17-18,21-22H,4,6,8-9,11-12H2,1-3H3,(H,26,27). The SMILES string of the molecule is CC1CCC2C(C)C(OCc3cc(OCC(=O)O)ccc3[N+](=O)[O-])OC3OC4(C)CCC1C32OO4. The maximum Gasteiger partial charge on any atom is 0.341 e. The van der Waals surface area contributed by atoms with Crippen LogP contribution in [-0.2, 0) is 35.4 Å². The van der Waals surface area contributed by atoms with E-state index in [2.05, 4.69) is 6.92 Å². The fourth-order valence-corrected chi connectivity index (χ4v) is 6.32. The van der Waals surface area contributed by atoms with Gasteiger partial charge in [-0.25, -0.2) is 14.6 Å². The maximum absolute atomic E-state index is 11.6. The Morgan fingerprint density at radius 3 is 2.77 bits per heavy atom. The predicted molar refractivity (Wildman–Crippen MR) is 118 cm³/mol. The van der Waals surface area contributed by atoms with Crippen molar-refractivity contribution in [3.05, 3.63) is 33.9 Å². The van der Waals surface area contributed by atoms with E-state index in [0.29, 0.717) is 12.3 Å². The molecule has 35 heavy (non-hydrogen) atoms. The number of carboxylic acid groups (broad SMARTS) is 1. The van der Waals surface area contributed by atoms with Gasteiger partial charge < -0.3 is 24.1 Å². The fourth-order valence-electron chi connectivity index (χ4n) is 6.32. The molecule has 4 aliphatic heterocycles. The van der Waals surface area contributed by atoms with Gasteiger partial charge in [0, 0.05) is 24.3 Å². The zero-order valence-electron chi connectivity index (χ0n) is 20.0. The number of fused-ring (bicyclic) bond motifs is 2. The van der Waals surface area contributed by atoms with Gasteiger partial charge in [0.25, 0.3) is 5.69 Å². The molecule has 1 N–H and O–H groups in total. The first-order chi connectivity index (χ1) is 16.6. The first-order valence-electron chi connectivity index (χ1n) is 12.1. The third-order valence-corrected chi connectivity index (χ3v) is 8.11. The number of rotatable bonds is 7. The van der Waals surface area contributed by atoms with Crippen LogP contribution in [0, 0.1) is 33.8 Å². The van der Waals surface area contributed by atoms with Crippen molar-refractivity contribution >= 4 is 11.7 Å². The Balaban J connectivity index is 1.38. The van der Waals surface area contributed by atoms with Crippen molar-refractivity contribution in [3.63, 3.8) is 0 Å². The van der Waals surface area contributed by atoms with E-state index in [0.717, 1.165) is 19.3 Å². The minimum Gasteiger partial charge on any atom is -0.482 e. The Bertz CT molecular complexity index is 1000. The zero-order chi connectivity index (χ0) is 25.0. The normalized spacial score (nSPS) is 40.0. The summed E-state index contributed by atoms with van der Waals surface area (Å²) in [7, 11) is 0. The number of aliphatic carboxylic acids is 1. The van der Waals surface area contributed by atoms with Crippen LogP contribution in [0.2, 0.25) is 0 Å². The van der Waals surface area contributed by atoms with Crippen molar-refractivity contribution in [2.24, 2.45) is 23.7 Å². The highest BCUT2D eigenvalue weighted by Gasteiger charge is 2.69. The summed E-state index contributed by atoms with van der Waals surface area (Å²) in [5.41, 5.74) is -0.601. The highest BCUT2D eigenvalue weighted by Crippen LogP contribution is 2.60. The van der Waals surface area contributed by atoms with Crippen molar-refractivity contribution in [3.8, 4) is 5.75 Å². The summed E-state index contributed by atoms with van der Waals surface area (Å²) in [5, 5.41) is 20.4. The Morgan fingerprint density at radius 1 is 1.23 bits per heavy atom. The summed E-state index contributed by atoms with van der Waals surface area (Å²) in [6, 6.07) is 4.07. The van der Waals surface area contributed by atoms with Crippen molar-refractivity contribution < 1.29 is 43.5 Å². The Hall–Kier alpha value is -2.31. The molecular weight excluding hydrogens is 462 g/mol. The van der Waals surface area contributed by atoms with Crippen LogP contribution in [0.15, 0.2) is 18.2 Å². The van der Waals surface area contributed by atoms with E-state index >= 15 is 0 Å². The molecule has 2 bridgehead atoms. The number of nitro benzene ring substituents is 1. The molecule has 5 fully saturated rings. The number of carbonyl (C=O) groups is 1. The van der Waals surface area contributed by atoms with E-state index in [4.69, 9.17) is 33.8 Å². The van der Waals surface area contributed by atoms with Crippen LogP contribution in [0.5, 0.6) is 5.75 Å². The van der Waals surface area contributed by atoms with Gasteiger partial charge in [-0.2, -0.15) is 0 Å². The van der Waals surface area contributed by atoms with E-state index < -0.39 is 41.5 Å². The molecule has 4 heterocycles. The van der Waals surface area contributed by atoms with Crippen LogP contribution >= 0.6 is 0 Å². The number of nitrogens with zero attached hydrogens (tertiary/aromatic N) is 1. The van der Waals surface area contributed by atoms with Crippen LogP contribution < -0.4 is 4.74 Å². The number of ether oxygens (including phenoxy) is 4. The molecule has 1 aromatic rings. The lowest BCUT2D eigenvalue weighted by Crippen LogP contribution is -2.70. The van der Waals surface area contributed by atoms with Crippen molar-refractivity contribution in [1.29, 1.82) is 0 Å². The van der Waals surface area contributed by atoms with Gasteiger partial charge in [0.2, 0.25) is 5.79 Å². The summed E-state index contributed by atoms with van der Waals surface area (Å²) in [4.78, 5) is 33.8. The van der Waals surface area contributed by atoms with Gasteiger partial charge in [0.15, 0.2) is 24.8 Å². The molecule has 5 aliphatic rings. The molecule has 1 aromatic carbocycles. The number of carboxylic acids is 1. The Morgan fingerprint density at radius 2 is 2.03 bits per heavy atom. The molecule has 1 spiro atoms. The second-order valence-corrected chi connectivity index (χ2v) is 10.3. The molecule has 0 aromatic heterocycles. The molecule has 8 unspecified atom stereocenters. The van der Waals surface area contributed by atoms with Crippen molar-refractivity contribution in [2.75, 3.05) is 6.61 Å². The lowest BCUT2D eigenvalue weighted by atomic mass is 9.58. The lowest BCUT2D eigenvalue weighted by molar-refractivity contribution is -0.577. The highest BCUT2D eigenvalue weighted by molar-refractivity contribution is 5.68. The zero-order valence-corrected chi connectivity index (χ0v) is 20.0. The minimum atomic E-state index is -1.14. The van der Waals surface area contributed by atoms with E-state index in [1.165, 1.54) is 18.2 Å². The van der Waals surface area contributed by atoms with Gasteiger partial charge in [-0.05, 0) is 50.2 Å². The molecule has 6 rings (SSSR count). The van der Waals surface area contributed by atoms with E-state index in [1.54, 1.807) is 0 Å². The summed E-state index contributed by atoms with van der Waals surface area (Å²) < 4.78 is 24.0. The number of nitro groups is 1. The molecule has 11 heteroatoms. The second kappa shape index (κ2) is 8.97. The summed E-state index contributed by atoms with van der Waals surface area (Å²) in [5.74, 6) is -1.19. The smallest absolute Gasteiger partial charge is 0.341 e. The monoisotopic (exact) mass is 493 g/mol. The topological polar surface area (TPSA) is 136 Å². The van der Waals surface area contributed by atoms with Gasteiger partial charge in [0.1, 0.15) is 5.75 Å². The van der Waals surface area contributed by atoms with Gasteiger partial charge in [-0.3, -0.25) is 10.1 Å². The number of hydrogen-bond acceptors (Lipinski definition) is 9. The molecular formula is C24H31NO10. The van der Waals surface area contributed by atoms with Gasteiger partial charge in [0.05, 0.1) is 17.1 Å². The highest BCUT2D eigenvalue weighted by atomic mass is 17.3. The third kappa shape index (κ3) is 4.19. The third-order valence-electron chi connectivity index (χ3n) is 8.11. The number of hydrogen-bond donors (Lipinski definition) is 1.